The molecule has 0 saturated heterocycles. The fraction of sp³-hybridized carbons (Fsp3) is 0.273. The van der Waals surface area contributed by atoms with Crippen molar-refractivity contribution < 1.29 is 4.74 Å². The zero-order valence-electron chi connectivity index (χ0n) is 8.95. The lowest BCUT2D eigenvalue weighted by molar-refractivity contribution is 0.415. The van der Waals surface area contributed by atoms with Crippen molar-refractivity contribution in [2.45, 2.75) is 6.54 Å². The van der Waals surface area contributed by atoms with Gasteiger partial charge in [0.15, 0.2) is 0 Å². The molecule has 0 atom stereocenters. The minimum Gasteiger partial charge on any atom is -0.497 e. The van der Waals surface area contributed by atoms with Gasteiger partial charge in [-0.05, 0) is 12.1 Å². The highest BCUT2D eigenvalue weighted by atomic mass is 16.5. The summed E-state index contributed by atoms with van der Waals surface area (Å²) in [7, 11) is 1.63. The predicted octanol–water partition coefficient (Wildman–Crippen LogP) is 0.950. The van der Waals surface area contributed by atoms with Crippen molar-refractivity contribution in [3.63, 3.8) is 0 Å². The molecule has 2 N–H and O–H groups in total. The first-order valence-corrected chi connectivity index (χ1v) is 5.16. The third-order valence-electron chi connectivity index (χ3n) is 2.84. The Labute approximate surface area is 92.2 Å². The van der Waals surface area contributed by atoms with E-state index in [1.807, 2.05) is 22.8 Å². The molecule has 0 amide bonds. The fourth-order valence-electron chi connectivity index (χ4n) is 2.05. The average Bonchev–Trinajstić information content (AvgIpc) is 2.78. The van der Waals surface area contributed by atoms with Crippen LogP contribution in [0.25, 0.3) is 10.9 Å². The smallest absolute Gasteiger partial charge is 0.224 e. The van der Waals surface area contributed by atoms with E-state index in [2.05, 4.69) is 10.3 Å². The third-order valence-corrected chi connectivity index (χ3v) is 2.84. The molecule has 2 heterocycles. The number of benzene rings is 1. The molecule has 0 aliphatic carbocycles. The molecule has 2 aromatic rings. The van der Waals surface area contributed by atoms with E-state index >= 15 is 0 Å². The minimum absolute atomic E-state index is 0.292. The number of hydrogen-bond acceptors (Lipinski definition) is 4. The van der Waals surface area contributed by atoms with E-state index in [9.17, 15) is 0 Å². The van der Waals surface area contributed by atoms with Crippen LogP contribution in [-0.2, 0) is 6.54 Å². The van der Waals surface area contributed by atoms with Crippen LogP contribution >= 0.6 is 0 Å². The first kappa shape index (κ1) is 9.21. The molecular weight excluding hydrogens is 204 g/mol. The maximum absolute atomic E-state index is 7.83. The van der Waals surface area contributed by atoms with Gasteiger partial charge in [0.05, 0.1) is 12.6 Å². The molecule has 0 fully saturated rings. The van der Waals surface area contributed by atoms with Gasteiger partial charge in [0.2, 0.25) is 5.62 Å². The van der Waals surface area contributed by atoms with Gasteiger partial charge < -0.3 is 10.1 Å². The minimum atomic E-state index is 0.292. The molecular formula is C11H12N4O. The predicted molar refractivity (Wildman–Crippen MR) is 60.6 cm³/mol. The molecule has 1 aliphatic rings. The highest BCUT2D eigenvalue weighted by Crippen LogP contribution is 2.25. The van der Waals surface area contributed by atoms with Gasteiger partial charge in [-0.2, -0.15) is 0 Å². The van der Waals surface area contributed by atoms with Gasteiger partial charge in [-0.1, -0.05) is 0 Å². The molecule has 1 aliphatic heterocycles. The average molecular weight is 216 g/mol. The molecule has 0 bridgehead atoms. The van der Waals surface area contributed by atoms with Gasteiger partial charge in [0.25, 0.3) is 0 Å². The van der Waals surface area contributed by atoms with Gasteiger partial charge in [-0.3, -0.25) is 9.98 Å². The molecule has 0 radical (unpaired) electrons. The van der Waals surface area contributed by atoms with E-state index in [0.29, 0.717) is 5.62 Å². The van der Waals surface area contributed by atoms with Crippen molar-refractivity contribution in [2.75, 3.05) is 19.0 Å². The van der Waals surface area contributed by atoms with E-state index in [4.69, 9.17) is 10.1 Å². The first-order valence-electron chi connectivity index (χ1n) is 5.16. The van der Waals surface area contributed by atoms with Crippen molar-refractivity contribution in [1.29, 1.82) is 5.41 Å². The molecule has 5 nitrogen and oxygen atoms in total. The Bertz CT molecular complexity index is 617. The standard InChI is InChI=1S/C11H12N4O/c1-16-7-2-3-8-9(6-7)14-11(12)15-5-4-13-10(8)15/h2-3,6,12-13H,4-5H2,1H3. The molecule has 5 heteroatoms. The Morgan fingerprint density at radius 3 is 3.19 bits per heavy atom. The third kappa shape index (κ3) is 1.18. The summed E-state index contributed by atoms with van der Waals surface area (Å²) in [5.41, 5.74) is 1.09. The summed E-state index contributed by atoms with van der Waals surface area (Å²) in [4.78, 5) is 4.27. The quantitative estimate of drug-likeness (QED) is 0.746. The molecule has 82 valence electrons. The number of anilines is 1. The molecule has 1 aromatic heterocycles. The summed E-state index contributed by atoms with van der Waals surface area (Å²) in [6.45, 7) is 1.67. The molecule has 0 saturated carbocycles. The number of fused-ring (bicyclic) bond motifs is 3. The van der Waals surface area contributed by atoms with E-state index in [0.717, 1.165) is 35.6 Å². The van der Waals surface area contributed by atoms with E-state index in [1.54, 1.807) is 7.11 Å². The molecule has 0 unspecified atom stereocenters. The number of ether oxygens (including phenoxy) is 1. The summed E-state index contributed by atoms with van der Waals surface area (Å²) < 4.78 is 7.04. The summed E-state index contributed by atoms with van der Waals surface area (Å²) in [5, 5.41) is 12.2. The first-order chi connectivity index (χ1) is 7.79. The number of aromatic nitrogens is 2. The Hall–Kier alpha value is -2.04. The fourth-order valence-corrected chi connectivity index (χ4v) is 2.05. The van der Waals surface area contributed by atoms with Crippen molar-refractivity contribution in [2.24, 2.45) is 0 Å². The van der Waals surface area contributed by atoms with Gasteiger partial charge in [-0.15, -0.1) is 0 Å². The van der Waals surface area contributed by atoms with Crippen LogP contribution in [-0.4, -0.2) is 23.2 Å². The van der Waals surface area contributed by atoms with E-state index < -0.39 is 0 Å². The lowest BCUT2D eigenvalue weighted by Crippen LogP contribution is -2.21. The Kier molecular flexibility index (Phi) is 1.86. The highest BCUT2D eigenvalue weighted by molar-refractivity contribution is 5.90. The second-order valence-electron chi connectivity index (χ2n) is 3.75. The van der Waals surface area contributed by atoms with Crippen LogP contribution in [0.3, 0.4) is 0 Å². The zero-order chi connectivity index (χ0) is 11.1. The number of rotatable bonds is 1. The summed E-state index contributed by atoms with van der Waals surface area (Å²) >= 11 is 0. The van der Waals surface area contributed by atoms with Crippen LogP contribution in [0.4, 0.5) is 5.82 Å². The number of nitrogens with zero attached hydrogens (tertiary/aromatic N) is 2. The van der Waals surface area contributed by atoms with Crippen molar-refractivity contribution >= 4 is 16.7 Å². The van der Waals surface area contributed by atoms with Crippen molar-refractivity contribution in [3.05, 3.63) is 23.8 Å². The summed E-state index contributed by atoms with van der Waals surface area (Å²) in [6.07, 6.45) is 0. The van der Waals surface area contributed by atoms with Crippen LogP contribution in [0, 0.1) is 5.41 Å². The second kappa shape index (κ2) is 3.23. The maximum Gasteiger partial charge on any atom is 0.224 e. The monoisotopic (exact) mass is 216 g/mol. The van der Waals surface area contributed by atoms with E-state index in [1.165, 1.54) is 0 Å². The molecule has 1 aromatic carbocycles. The number of methoxy groups -OCH3 is 1. The van der Waals surface area contributed by atoms with Crippen LogP contribution < -0.4 is 15.7 Å². The Morgan fingerprint density at radius 2 is 2.38 bits per heavy atom. The number of hydrogen-bond donors (Lipinski definition) is 2. The van der Waals surface area contributed by atoms with Gasteiger partial charge >= 0.3 is 0 Å². The number of nitrogens with one attached hydrogen (secondary N) is 2. The highest BCUT2D eigenvalue weighted by Gasteiger charge is 2.14. The SMILES string of the molecule is COc1ccc2c3n(c(=N)nc2c1)CCN3. The van der Waals surface area contributed by atoms with Gasteiger partial charge in [-0.25, -0.2) is 4.98 Å². The maximum atomic E-state index is 7.83. The Balaban J connectivity index is 2.38. The topological polar surface area (TPSA) is 62.9 Å². The lowest BCUT2D eigenvalue weighted by Gasteiger charge is -2.08. The van der Waals surface area contributed by atoms with Crippen LogP contribution in [0.2, 0.25) is 0 Å². The Morgan fingerprint density at radius 1 is 1.50 bits per heavy atom. The second-order valence-corrected chi connectivity index (χ2v) is 3.75. The van der Waals surface area contributed by atoms with Crippen LogP contribution in [0.5, 0.6) is 5.75 Å². The lowest BCUT2D eigenvalue weighted by atomic mass is 10.2. The normalized spacial score (nSPS) is 13.6. The van der Waals surface area contributed by atoms with Crippen LogP contribution in [0.1, 0.15) is 0 Å². The van der Waals surface area contributed by atoms with Crippen LogP contribution in [0.15, 0.2) is 18.2 Å². The molecule has 16 heavy (non-hydrogen) atoms. The van der Waals surface area contributed by atoms with Crippen molar-refractivity contribution in [1.82, 2.24) is 9.55 Å². The van der Waals surface area contributed by atoms with E-state index in [-0.39, 0.29) is 0 Å². The van der Waals surface area contributed by atoms with Crippen molar-refractivity contribution in [3.8, 4) is 5.75 Å². The summed E-state index contributed by atoms with van der Waals surface area (Å²) in [6, 6.07) is 5.74. The largest absolute Gasteiger partial charge is 0.497 e. The summed E-state index contributed by atoms with van der Waals surface area (Å²) in [5.74, 6) is 1.75. The zero-order valence-corrected chi connectivity index (χ0v) is 8.95. The van der Waals surface area contributed by atoms with Gasteiger partial charge in [0.1, 0.15) is 11.6 Å². The van der Waals surface area contributed by atoms with Gasteiger partial charge in [0, 0.05) is 24.5 Å². The molecule has 0 spiro atoms. The molecule has 3 rings (SSSR count).